The van der Waals surface area contributed by atoms with Crippen molar-refractivity contribution in [1.29, 1.82) is 0 Å². The van der Waals surface area contributed by atoms with Gasteiger partial charge in [0.05, 0.1) is 7.05 Å². The van der Waals surface area contributed by atoms with Gasteiger partial charge in [0.15, 0.2) is 17.4 Å². The van der Waals surface area contributed by atoms with E-state index >= 15 is 0 Å². The smallest absolute Gasteiger partial charge is 0.284 e. The minimum absolute atomic E-state index is 0.256. The highest BCUT2D eigenvalue weighted by atomic mass is 16.3. The molecule has 2 aromatic carbocycles. The minimum Gasteiger partial charge on any atom is -0.452 e. The molecular formula is C24H24N3O+. The summed E-state index contributed by atoms with van der Waals surface area (Å²) in [6.45, 7) is 4.37. The number of hydrogen-bond acceptors (Lipinski definition) is 3. The molecule has 0 fully saturated rings. The van der Waals surface area contributed by atoms with Gasteiger partial charge in [0, 0.05) is 35.6 Å². The minimum atomic E-state index is 0.256. The first-order valence-electron chi connectivity index (χ1n) is 9.65. The van der Waals surface area contributed by atoms with Gasteiger partial charge in [-0.05, 0) is 25.5 Å². The summed E-state index contributed by atoms with van der Waals surface area (Å²) in [5.74, 6) is 1.14. The molecule has 3 heterocycles. The standard InChI is InChI=1S/C24H24N3O/c1-16-9-5-6-10-18(16)23-24-20(19-11-7-8-12-21(19)28-24)15-22(26(23)4)27-14-13-25(3)17(27)2/h5-15,17H,1-4H3/q+1/t17-/m0/s1. The summed E-state index contributed by atoms with van der Waals surface area (Å²) in [5.41, 5.74) is 5.40. The molecule has 28 heavy (non-hydrogen) atoms. The van der Waals surface area contributed by atoms with Gasteiger partial charge in [-0.2, -0.15) is 0 Å². The summed E-state index contributed by atoms with van der Waals surface area (Å²) in [5, 5.41) is 2.30. The van der Waals surface area contributed by atoms with Crippen LogP contribution in [0, 0.1) is 6.92 Å². The zero-order valence-electron chi connectivity index (χ0n) is 16.7. The van der Waals surface area contributed by atoms with E-state index in [-0.39, 0.29) is 6.17 Å². The van der Waals surface area contributed by atoms with Gasteiger partial charge in [-0.1, -0.05) is 42.5 Å². The molecule has 0 saturated carbocycles. The predicted octanol–water partition coefficient (Wildman–Crippen LogP) is 4.95. The molecular weight excluding hydrogens is 346 g/mol. The van der Waals surface area contributed by atoms with Crippen LogP contribution in [0.25, 0.3) is 33.2 Å². The second-order valence-corrected chi connectivity index (χ2v) is 7.57. The van der Waals surface area contributed by atoms with Crippen molar-refractivity contribution in [3.63, 3.8) is 0 Å². The number of anilines is 1. The van der Waals surface area contributed by atoms with E-state index in [0.29, 0.717) is 0 Å². The van der Waals surface area contributed by atoms with Crippen LogP contribution in [0.1, 0.15) is 12.5 Å². The van der Waals surface area contributed by atoms with E-state index in [4.69, 9.17) is 4.42 Å². The van der Waals surface area contributed by atoms with Crippen LogP contribution in [0.4, 0.5) is 5.82 Å². The fourth-order valence-corrected chi connectivity index (χ4v) is 4.16. The maximum atomic E-state index is 6.37. The number of nitrogens with zero attached hydrogens (tertiary/aromatic N) is 3. The Morgan fingerprint density at radius 1 is 0.964 bits per heavy atom. The molecule has 4 heteroatoms. The van der Waals surface area contributed by atoms with E-state index in [1.54, 1.807) is 0 Å². The van der Waals surface area contributed by atoms with Crippen LogP contribution in [0.15, 0.2) is 71.4 Å². The van der Waals surface area contributed by atoms with Crippen molar-refractivity contribution in [3.05, 3.63) is 72.6 Å². The van der Waals surface area contributed by atoms with Gasteiger partial charge >= 0.3 is 0 Å². The Morgan fingerprint density at radius 2 is 1.71 bits per heavy atom. The van der Waals surface area contributed by atoms with Gasteiger partial charge in [-0.15, -0.1) is 0 Å². The highest BCUT2D eigenvalue weighted by Crippen LogP contribution is 2.37. The molecule has 0 aliphatic carbocycles. The molecule has 0 unspecified atom stereocenters. The Labute approximate surface area is 164 Å². The average Bonchev–Trinajstić information content (AvgIpc) is 3.22. The van der Waals surface area contributed by atoms with E-state index in [1.165, 1.54) is 11.1 Å². The molecule has 0 amide bonds. The number of benzene rings is 2. The van der Waals surface area contributed by atoms with E-state index in [1.807, 2.05) is 12.1 Å². The number of hydrogen-bond donors (Lipinski definition) is 0. The lowest BCUT2D eigenvalue weighted by atomic mass is 10.0. The Bertz CT molecular complexity index is 1240. The zero-order chi connectivity index (χ0) is 19.4. The molecule has 1 atom stereocenters. The Hall–Kier alpha value is -3.27. The van der Waals surface area contributed by atoms with Crippen LogP contribution in [0.5, 0.6) is 0 Å². The molecule has 1 aliphatic heterocycles. The van der Waals surface area contributed by atoms with Gasteiger partial charge in [0.25, 0.3) is 5.82 Å². The van der Waals surface area contributed by atoms with E-state index in [2.05, 4.69) is 97.2 Å². The number of rotatable bonds is 2. The van der Waals surface area contributed by atoms with E-state index in [9.17, 15) is 0 Å². The van der Waals surface area contributed by atoms with Crippen LogP contribution in [-0.2, 0) is 7.05 Å². The Balaban J connectivity index is 1.90. The number of para-hydroxylation sites is 1. The van der Waals surface area contributed by atoms with Crippen LogP contribution in [0.2, 0.25) is 0 Å². The maximum Gasteiger partial charge on any atom is 0.284 e. The topological polar surface area (TPSA) is 23.5 Å². The largest absolute Gasteiger partial charge is 0.452 e. The summed E-state index contributed by atoms with van der Waals surface area (Å²) in [6.07, 6.45) is 4.53. The number of aromatic nitrogens is 1. The zero-order valence-corrected chi connectivity index (χ0v) is 16.7. The van der Waals surface area contributed by atoms with Crippen LogP contribution in [0.3, 0.4) is 0 Å². The van der Waals surface area contributed by atoms with Gasteiger partial charge in [-0.25, -0.2) is 9.47 Å². The van der Waals surface area contributed by atoms with Crippen molar-refractivity contribution in [1.82, 2.24) is 4.90 Å². The Kier molecular flexibility index (Phi) is 3.69. The summed E-state index contributed by atoms with van der Waals surface area (Å²) < 4.78 is 8.63. The summed E-state index contributed by atoms with van der Waals surface area (Å²) in [6, 6.07) is 19.0. The summed E-state index contributed by atoms with van der Waals surface area (Å²) in [7, 11) is 4.23. The van der Waals surface area contributed by atoms with Crippen LogP contribution in [-0.4, -0.2) is 18.1 Å². The molecule has 2 aromatic heterocycles. The van der Waals surface area contributed by atoms with Gasteiger partial charge in [0.1, 0.15) is 11.8 Å². The molecule has 0 radical (unpaired) electrons. The third kappa shape index (κ3) is 2.34. The first kappa shape index (κ1) is 16.9. The number of pyridine rings is 1. The quantitative estimate of drug-likeness (QED) is 0.466. The van der Waals surface area contributed by atoms with Crippen LogP contribution < -0.4 is 9.47 Å². The number of fused-ring (bicyclic) bond motifs is 3. The van der Waals surface area contributed by atoms with E-state index in [0.717, 1.165) is 33.5 Å². The normalized spacial score (nSPS) is 16.6. The number of aryl methyl sites for hydroxylation is 1. The first-order chi connectivity index (χ1) is 13.6. The van der Waals surface area contributed by atoms with Crippen molar-refractivity contribution < 1.29 is 8.98 Å². The van der Waals surface area contributed by atoms with Crippen molar-refractivity contribution >= 4 is 27.8 Å². The van der Waals surface area contributed by atoms with Gasteiger partial charge < -0.3 is 9.32 Å². The lowest BCUT2D eigenvalue weighted by Gasteiger charge is -2.22. The van der Waals surface area contributed by atoms with Crippen molar-refractivity contribution in [2.75, 3.05) is 11.9 Å². The molecule has 0 bridgehead atoms. The SMILES string of the molecule is Cc1ccccc1-c1c2oc3ccccc3c2cc(N2C=CN(C)[C@@H]2C)[n+]1C. The summed E-state index contributed by atoms with van der Waals surface area (Å²) in [4.78, 5) is 4.52. The highest BCUT2D eigenvalue weighted by molar-refractivity contribution is 6.09. The fraction of sp³-hybridized carbons (Fsp3) is 0.208. The maximum absolute atomic E-state index is 6.37. The molecule has 5 rings (SSSR count). The highest BCUT2D eigenvalue weighted by Gasteiger charge is 2.32. The van der Waals surface area contributed by atoms with Gasteiger partial charge in [0.2, 0.25) is 0 Å². The molecule has 4 nitrogen and oxygen atoms in total. The fourth-order valence-electron chi connectivity index (χ4n) is 4.16. The monoisotopic (exact) mass is 370 g/mol. The third-order valence-corrected chi connectivity index (χ3v) is 5.92. The molecule has 0 N–H and O–H groups in total. The third-order valence-electron chi connectivity index (χ3n) is 5.92. The molecule has 0 saturated heterocycles. The Morgan fingerprint density at radius 3 is 2.46 bits per heavy atom. The van der Waals surface area contributed by atoms with Gasteiger partial charge in [-0.3, -0.25) is 0 Å². The van der Waals surface area contributed by atoms with Crippen LogP contribution >= 0.6 is 0 Å². The predicted molar refractivity (Wildman–Crippen MR) is 114 cm³/mol. The lowest BCUT2D eigenvalue weighted by molar-refractivity contribution is -0.646. The second kappa shape index (κ2) is 6.13. The number of furan rings is 1. The second-order valence-electron chi connectivity index (χ2n) is 7.57. The lowest BCUT2D eigenvalue weighted by Crippen LogP contribution is -2.43. The average molecular weight is 370 g/mol. The molecule has 0 spiro atoms. The van der Waals surface area contributed by atoms with Crippen molar-refractivity contribution in [2.24, 2.45) is 7.05 Å². The first-order valence-corrected chi connectivity index (χ1v) is 9.65. The summed E-state index contributed by atoms with van der Waals surface area (Å²) >= 11 is 0. The van der Waals surface area contributed by atoms with Crippen molar-refractivity contribution in [3.8, 4) is 11.3 Å². The molecule has 140 valence electrons. The molecule has 1 aliphatic rings. The van der Waals surface area contributed by atoms with Crippen molar-refractivity contribution in [2.45, 2.75) is 20.0 Å². The molecule has 4 aromatic rings. The van der Waals surface area contributed by atoms with E-state index < -0.39 is 0 Å².